The summed E-state index contributed by atoms with van der Waals surface area (Å²) < 4.78 is 7.34. The van der Waals surface area contributed by atoms with Crippen LogP contribution in [0.4, 0.5) is 4.79 Å². The molecule has 0 bridgehead atoms. The lowest BCUT2D eigenvalue weighted by Crippen LogP contribution is -2.63. The van der Waals surface area contributed by atoms with Crippen LogP contribution in [-0.2, 0) is 9.53 Å². The number of carbonyl (C=O) groups excluding carboxylic acids is 2. The molecule has 0 spiro atoms. The number of amidine groups is 1. The van der Waals surface area contributed by atoms with Crippen molar-refractivity contribution in [3.8, 4) is 0 Å². The largest absolute Gasteiger partial charge is 0.416 e. The first-order valence-corrected chi connectivity index (χ1v) is 8.70. The topological polar surface area (TPSA) is 80.8 Å². The van der Waals surface area contributed by atoms with Crippen LogP contribution in [0.15, 0.2) is 10.1 Å². The standard InChI is InChI=1S/C16H25N6O3/c1-5-7-20-14(23)12-13(19(4)16(20)24)17-15-21(12)10-11(3)18-22(15)8-9-25-6-2/h12H,5-10H2,1-4H3/q+1. The zero-order valence-corrected chi connectivity index (χ0v) is 15.2. The summed E-state index contributed by atoms with van der Waals surface area (Å²) in [5.74, 6) is 0.874. The molecule has 3 aliphatic rings. The van der Waals surface area contributed by atoms with Gasteiger partial charge in [0.1, 0.15) is 13.1 Å². The molecule has 0 saturated carbocycles. The molecule has 0 aromatic heterocycles. The maximum absolute atomic E-state index is 12.9. The van der Waals surface area contributed by atoms with E-state index in [1.165, 1.54) is 9.80 Å². The molecular weight excluding hydrogens is 324 g/mol. The Labute approximate surface area is 147 Å². The molecule has 0 N–H and O–H groups in total. The fraction of sp³-hybridized carbons (Fsp3) is 0.688. The second-order valence-corrected chi connectivity index (χ2v) is 6.29. The van der Waals surface area contributed by atoms with E-state index < -0.39 is 6.04 Å². The summed E-state index contributed by atoms with van der Waals surface area (Å²) in [4.78, 5) is 32.8. The molecule has 9 nitrogen and oxygen atoms in total. The number of aliphatic imine (C=N–C) groups is 1. The van der Waals surface area contributed by atoms with Gasteiger partial charge >= 0.3 is 12.0 Å². The average molecular weight is 349 g/mol. The van der Waals surface area contributed by atoms with E-state index in [9.17, 15) is 9.59 Å². The normalized spacial score (nSPS) is 23.0. The van der Waals surface area contributed by atoms with Crippen molar-refractivity contribution in [1.82, 2.24) is 14.8 Å². The van der Waals surface area contributed by atoms with E-state index in [4.69, 9.17) is 4.74 Å². The number of hydrogen-bond acceptors (Lipinski definition) is 6. The van der Waals surface area contributed by atoms with Gasteiger partial charge in [0.05, 0.1) is 12.3 Å². The monoisotopic (exact) mass is 349 g/mol. The van der Waals surface area contributed by atoms with E-state index in [0.29, 0.717) is 44.6 Å². The molecule has 0 radical (unpaired) electrons. The lowest BCUT2D eigenvalue weighted by molar-refractivity contribution is -0.527. The van der Waals surface area contributed by atoms with Crippen LogP contribution >= 0.6 is 0 Å². The van der Waals surface area contributed by atoms with E-state index in [0.717, 1.165) is 12.1 Å². The predicted octanol–water partition coefficient (Wildman–Crippen LogP) is 0.168. The second kappa shape index (κ2) is 6.91. The minimum absolute atomic E-state index is 0.210. The molecule has 0 aromatic rings. The van der Waals surface area contributed by atoms with Crippen molar-refractivity contribution >= 4 is 29.4 Å². The number of hydrogen-bond donors (Lipinski definition) is 0. The third kappa shape index (κ3) is 2.92. The summed E-state index contributed by atoms with van der Waals surface area (Å²) in [6.07, 6.45) is 0.724. The Morgan fingerprint density at radius 1 is 1.28 bits per heavy atom. The fourth-order valence-corrected chi connectivity index (χ4v) is 3.28. The molecule has 136 valence electrons. The Morgan fingerprint density at radius 2 is 2.04 bits per heavy atom. The number of likely N-dealkylation sites (N-methyl/N-ethyl adjacent to an activating group) is 1. The molecule has 3 aliphatic heterocycles. The lowest BCUT2D eigenvalue weighted by Gasteiger charge is -2.34. The zero-order valence-electron chi connectivity index (χ0n) is 15.2. The molecular formula is C16H25N6O3+. The highest BCUT2D eigenvalue weighted by atomic mass is 16.5. The first-order valence-electron chi connectivity index (χ1n) is 8.70. The van der Waals surface area contributed by atoms with Crippen molar-refractivity contribution < 1.29 is 18.9 Å². The maximum atomic E-state index is 12.9. The fourth-order valence-electron chi connectivity index (χ4n) is 3.28. The summed E-state index contributed by atoms with van der Waals surface area (Å²) in [5.41, 5.74) is 0.895. The SMILES string of the molecule is CCCN1C(=O)C2C(=NC3=[N+]2CC(C)=NN3CCOCC)N(C)C1=O. The van der Waals surface area contributed by atoms with Gasteiger partial charge < -0.3 is 4.74 Å². The summed E-state index contributed by atoms with van der Waals surface area (Å²) in [5, 5.41) is 6.29. The van der Waals surface area contributed by atoms with Crippen LogP contribution in [0.5, 0.6) is 0 Å². The molecule has 3 amide bonds. The summed E-state index contributed by atoms with van der Waals surface area (Å²) in [6.45, 7) is 8.44. The van der Waals surface area contributed by atoms with Crippen LogP contribution in [-0.4, -0.2) is 94.8 Å². The number of carbonyl (C=O) groups is 2. The predicted molar refractivity (Wildman–Crippen MR) is 92.8 cm³/mol. The van der Waals surface area contributed by atoms with Gasteiger partial charge in [0.2, 0.25) is 11.9 Å². The van der Waals surface area contributed by atoms with Crippen LogP contribution in [0.2, 0.25) is 0 Å². The first-order chi connectivity index (χ1) is 12.0. The van der Waals surface area contributed by atoms with Gasteiger partial charge in [-0.15, -0.1) is 10.1 Å². The minimum atomic E-state index is -0.565. The van der Waals surface area contributed by atoms with Crippen molar-refractivity contribution in [2.24, 2.45) is 10.1 Å². The zero-order chi connectivity index (χ0) is 18.1. The maximum Gasteiger partial charge on any atom is 0.416 e. The molecule has 3 heterocycles. The van der Waals surface area contributed by atoms with Crippen LogP contribution in [0.1, 0.15) is 27.2 Å². The van der Waals surface area contributed by atoms with E-state index in [2.05, 4.69) is 10.1 Å². The van der Waals surface area contributed by atoms with Crippen LogP contribution in [0.3, 0.4) is 0 Å². The third-order valence-corrected chi connectivity index (χ3v) is 4.41. The van der Waals surface area contributed by atoms with Crippen molar-refractivity contribution in [3.05, 3.63) is 0 Å². The number of amides is 3. The molecule has 9 heteroatoms. The Hall–Kier alpha value is -2.29. The van der Waals surface area contributed by atoms with Gasteiger partial charge in [0, 0.05) is 20.2 Å². The lowest BCUT2D eigenvalue weighted by atomic mass is 10.1. The van der Waals surface area contributed by atoms with E-state index in [1.807, 2.05) is 25.3 Å². The highest BCUT2D eigenvalue weighted by Gasteiger charge is 2.54. The molecule has 0 aromatic carbocycles. The van der Waals surface area contributed by atoms with E-state index >= 15 is 0 Å². The molecule has 1 saturated heterocycles. The average Bonchev–Trinajstić information content (AvgIpc) is 2.96. The van der Waals surface area contributed by atoms with Gasteiger partial charge in [-0.2, -0.15) is 0 Å². The number of fused-ring (bicyclic) bond motifs is 2. The summed E-state index contributed by atoms with van der Waals surface area (Å²) in [7, 11) is 1.67. The van der Waals surface area contributed by atoms with Crippen molar-refractivity contribution in [3.63, 3.8) is 0 Å². The Morgan fingerprint density at radius 3 is 2.72 bits per heavy atom. The quantitative estimate of drug-likeness (QED) is 0.506. The highest BCUT2D eigenvalue weighted by Crippen LogP contribution is 2.22. The smallest absolute Gasteiger partial charge is 0.378 e. The van der Waals surface area contributed by atoms with E-state index in [1.54, 1.807) is 12.1 Å². The number of rotatable bonds is 6. The van der Waals surface area contributed by atoms with Crippen molar-refractivity contribution in [2.75, 3.05) is 39.9 Å². The molecule has 1 fully saturated rings. The molecule has 1 unspecified atom stereocenters. The molecule has 25 heavy (non-hydrogen) atoms. The summed E-state index contributed by atoms with van der Waals surface area (Å²) in [6, 6.07) is -0.884. The Balaban J connectivity index is 1.92. The number of nitrogens with zero attached hydrogens (tertiary/aromatic N) is 6. The van der Waals surface area contributed by atoms with Crippen molar-refractivity contribution in [2.45, 2.75) is 33.2 Å². The van der Waals surface area contributed by atoms with Crippen LogP contribution in [0.25, 0.3) is 0 Å². The van der Waals surface area contributed by atoms with Gasteiger partial charge in [0.25, 0.3) is 5.91 Å². The number of guanidine groups is 1. The Kier molecular flexibility index (Phi) is 4.85. The van der Waals surface area contributed by atoms with Gasteiger partial charge in [-0.05, 0) is 20.3 Å². The second-order valence-electron chi connectivity index (χ2n) is 6.29. The van der Waals surface area contributed by atoms with Gasteiger partial charge in [-0.1, -0.05) is 11.9 Å². The number of ether oxygens (including phenoxy) is 1. The van der Waals surface area contributed by atoms with E-state index in [-0.39, 0.29) is 11.9 Å². The summed E-state index contributed by atoms with van der Waals surface area (Å²) >= 11 is 0. The Bertz CT molecular complexity index is 683. The molecule has 1 atom stereocenters. The third-order valence-electron chi connectivity index (χ3n) is 4.41. The van der Waals surface area contributed by atoms with Crippen LogP contribution < -0.4 is 0 Å². The molecule has 0 aliphatic carbocycles. The van der Waals surface area contributed by atoms with Crippen molar-refractivity contribution in [1.29, 1.82) is 0 Å². The number of urea groups is 1. The van der Waals surface area contributed by atoms with Gasteiger partial charge in [0.15, 0.2) is 0 Å². The van der Waals surface area contributed by atoms with Gasteiger partial charge in [-0.3, -0.25) is 14.6 Å². The van der Waals surface area contributed by atoms with Gasteiger partial charge in [-0.25, -0.2) is 9.37 Å². The minimum Gasteiger partial charge on any atom is -0.378 e. The molecule has 3 rings (SSSR count). The van der Waals surface area contributed by atoms with Crippen LogP contribution in [0, 0.1) is 0 Å². The number of hydrazone groups is 1. The highest BCUT2D eigenvalue weighted by molar-refractivity contribution is 6.23. The number of imide groups is 1. The first kappa shape index (κ1) is 17.5.